The molecule has 2 heteroatoms. The maximum atomic E-state index is 6.04. The molecule has 1 rings (SSSR count). The zero-order chi connectivity index (χ0) is 8.97. The summed E-state index contributed by atoms with van der Waals surface area (Å²) in [5, 5.41) is 0. The van der Waals surface area contributed by atoms with Crippen molar-refractivity contribution in [2.75, 3.05) is 4.93 Å². The van der Waals surface area contributed by atoms with E-state index in [4.69, 9.17) is 5.73 Å². The van der Waals surface area contributed by atoms with Gasteiger partial charge in [-0.2, -0.15) is 0 Å². The molecule has 3 atom stereocenters. The molecule has 0 saturated heterocycles. The Labute approximate surface area is 86.7 Å². The molecule has 1 aliphatic carbocycles. The predicted molar refractivity (Wildman–Crippen MR) is 49.9 cm³/mol. The fourth-order valence-corrected chi connectivity index (χ4v) is 4.41. The molecule has 0 spiro atoms. The zero-order valence-electron chi connectivity index (χ0n) is 8.22. The van der Waals surface area contributed by atoms with Crippen molar-refractivity contribution in [1.29, 1.82) is 0 Å². The molecule has 2 N–H and O–H groups in total. The Hall–Kier alpha value is 0.690. The predicted octanol–water partition coefficient (Wildman–Crippen LogP) is -0.999. The van der Waals surface area contributed by atoms with Crippen molar-refractivity contribution in [3.63, 3.8) is 0 Å². The van der Waals surface area contributed by atoms with E-state index in [0.717, 1.165) is 9.84 Å². The first-order chi connectivity index (χ1) is 5.76. The van der Waals surface area contributed by atoms with Crippen LogP contribution in [-0.2, 0) is 0 Å². The van der Waals surface area contributed by atoms with Gasteiger partial charge in [-0.1, -0.05) is 0 Å². The summed E-state index contributed by atoms with van der Waals surface area (Å²) < 4.78 is 1.02. The number of rotatable bonds is 2. The number of hydrogen-bond acceptors (Lipinski definition) is 1. The Kier molecular flexibility index (Phi) is 4.87. The molecule has 0 aromatic carbocycles. The first-order valence-electron chi connectivity index (χ1n) is 4.99. The van der Waals surface area contributed by atoms with Crippen LogP contribution < -0.4 is 26.9 Å². The molecule has 1 saturated carbocycles. The van der Waals surface area contributed by atoms with E-state index in [-0.39, 0.29) is 0 Å². The van der Waals surface area contributed by atoms with Crippen LogP contribution in [0.2, 0.25) is 0 Å². The zero-order valence-corrected chi connectivity index (χ0v) is 10.4. The van der Waals surface area contributed by atoms with Crippen LogP contribution >= 0.6 is 0 Å². The Balaban J connectivity index is 2.43. The quantitative estimate of drug-likeness (QED) is 0.392. The minimum atomic E-state index is 0.428. The Morgan fingerprint density at radius 1 is 1.33 bits per heavy atom. The van der Waals surface area contributed by atoms with Crippen LogP contribution in [0.5, 0.6) is 0 Å². The van der Waals surface area contributed by atoms with Crippen LogP contribution in [0.1, 0.15) is 39.0 Å². The summed E-state index contributed by atoms with van der Waals surface area (Å²) >= 11 is 0.428. The van der Waals surface area contributed by atoms with E-state index in [1.807, 2.05) is 0 Å². The first kappa shape index (κ1) is 10.8. The summed E-state index contributed by atoms with van der Waals surface area (Å²) in [6, 6.07) is 0.520. The van der Waals surface area contributed by atoms with Gasteiger partial charge in [-0.3, -0.25) is 0 Å². The molecule has 0 heterocycles. The summed E-state index contributed by atoms with van der Waals surface area (Å²) in [5.41, 5.74) is 6.04. The fraction of sp³-hybridized carbons (Fsp3) is 1.00. The van der Waals surface area contributed by atoms with E-state index < -0.39 is 0 Å². The van der Waals surface area contributed by atoms with Gasteiger partial charge in [0.15, 0.2) is 0 Å². The monoisotopic (exact) mass is 282 g/mol. The van der Waals surface area contributed by atoms with Crippen molar-refractivity contribution < 1.29 is 21.2 Å². The van der Waals surface area contributed by atoms with Crippen LogP contribution in [0.4, 0.5) is 0 Å². The van der Waals surface area contributed by atoms with Gasteiger partial charge in [0.2, 0.25) is 0 Å². The van der Waals surface area contributed by atoms with Crippen molar-refractivity contribution in [2.24, 2.45) is 11.7 Å². The van der Waals surface area contributed by atoms with Gasteiger partial charge in [-0.15, -0.1) is 0 Å². The van der Waals surface area contributed by atoms with Crippen LogP contribution in [0.15, 0.2) is 0 Å². The molecule has 1 fully saturated rings. The van der Waals surface area contributed by atoms with Gasteiger partial charge in [-0.25, -0.2) is 0 Å². The molecule has 74 valence electrons. The molecular weight excluding hydrogens is 261 g/mol. The fourth-order valence-electron chi connectivity index (χ4n) is 2.02. The maximum absolute atomic E-state index is 6.04. The second kappa shape index (κ2) is 5.43. The van der Waals surface area contributed by atoms with E-state index in [0.29, 0.717) is 27.2 Å². The normalized spacial score (nSPS) is 38.1. The third kappa shape index (κ3) is 3.21. The summed E-state index contributed by atoms with van der Waals surface area (Å²) in [6.45, 7) is 2.33. The number of hydrogen-bond donors (Lipinski definition) is 1. The van der Waals surface area contributed by atoms with Crippen molar-refractivity contribution in [2.45, 2.75) is 49.0 Å². The summed E-state index contributed by atoms with van der Waals surface area (Å²) in [7, 11) is 0. The second-order valence-electron chi connectivity index (χ2n) is 3.90. The number of halogens is 1. The first-order valence-corrected chi connectivity index (χ1v) is 8.40. The summed E-state index contributed by atoms with van der Waals surface area (Å²) in [6.07, 6.45) is 6.83. The topological polar surface area (TPSA) is 26.0 Å². The van der Waals surface area contributed by atoms with Crippen molar-refractivity contribution in [3.8, 4) is 0 Å². The van der Waals surface area contributed by atoms with Crippen LogP contribution in [0.3, 0.4) is 0 Å². The molecule has 0 aromatic heterocycles. The van der Waals surface area contributed by atoms with Gasteiger partial charge in [0.05, 0.1) is 0 Å². The van der Waals surface area contributed by atoms with Gasteiger partial charge in [-0.05, 0) is 0 Å². The van der Waals surface area contributed by atoms with Crippen LogP contribution in [0.25, 0.3) is 0 Å². The summed E-state index contributed by atoms with van der Waals surface area (Å²) in [5.74, 6) is 0.989. The number of alkyl halides is 2. The Morgan fingerprint density at radius 3 is 2.67 bits per heavy atom. The molecule has 0 amide bonds. The minimum absolute atomic E-state index is 0.428. The average molecular weight is 282 g/mol. The third-order valence-corrected chi connectivity index (χ3v) is 5.76. The van der Waals surface area contributed by atoms with Gasteiger partial charge in [0, 0.05) is 0 Å². The molecule has 0 aromatic rings. The molecule has 2 unspecified atom stereocenters. The van der Waals surface area contributed by atoms with E-state index >= 15 is 0 Å². The van der Waals surface area contributed by atoms with Gasteiger partial charge in [0.25, 0.3) is 0 Å². The Bertz CT molecular complexity index is 127. The van der Waals surface area contributed by atoms with Crippen LogP contribution in [0, 0.1) is 5.92 Å². The molecule has 0 bridgehead atoms. The summed E-state index contributed by atoms with van der Waals surface area (Å²) in [4.78, 5) is 2.41. The molecule has 1 aliphatic rings. The molecule has 0 radical (unpaired) electrons. The van der Waals surface area contributed by atoms with E-state index in [1.165, 1.54) is 32.1 Å². The Morgan fingerprint density at radius 2 is 2.08 bits per heavy atom. The van der Waals surface area contributed by atoms with Gasteiger partial charge >= 0.3 is 86.8 Å². The van der Waals surface area contributed by atoms with Crippen molar-refractivity contribution in [1.82, 2.24) is 0 Å². The molecule has 1 nitrogen and oxygen atoms in total. The van der Waals surface area contributed by atoms with E-state index in [1.54, 1.807) is 0 Å². The molecule has 12 heavy (non-hydrogen) atoms. The number of nitrogens with two attached hydrogens (primary N) is 1. The average Bonchev–Trinajstić information content (AvgIpc) is 2.26. The standard InChI is InChI=1S/C10H21IN/c1-3-8-4-5-10(12)7-9(6-8)11-2/h8-10H,3-7,12H2,1-2H3/q-1/t8?,9-,10?/m1/s1. The van der Waals surface area contributed by atoms with Crippen molar-refractivity contribution in [3.05, 3.63) is 0 Å². The van der Waals surface area contributed by atoms with Crippen molar-refractivity contribution >= 4 is 0 Å². The van der Waals surface area contributed by atoms with Crippen LogP contribution in [-0.4, -0.2) is 14.9 Å². The third-order valence-electron chi connectivity index (χ3n) is 2.98. The SMILES string of the molecule is CCC1CCC(N)C[C@H]([I-]C)C1. The van der Waals surface area contributed by atoms with E-state index in [9.17, 15) is 0 Å². The molecular formula is C10H21IN-. The van der Waals surface area contributed by atoms with Gasteiger partial charge in [0.1, 0.15) is 0 Å². The second-order valence-corrected chi connectivity index (χ2v) is 6.91. The van der Waals surface area contributed by atoms with Gasteiger partial charge < -0.3 is 0 Å². The van der Waals surface area contributed by atoms with E-state index in [2.05, 4.69) is 11.9 Å². The molecule has 0 aliphatic heterocycles.